The minimum atomic E-state index is -0.666. The van der Waals surface area contributed by atoms with E-state index in [1.54, 1.807) is 0 Å². The van der Waals surface area contributed by atoms with Gasteiger partial charge in [-0.1, -0.05) is 144 Å². The van der Waals surface area contributed by atoms with Crippen LogP contribution in [0.15, 0.2) is 25.3 Å². The fraction of sp³-hybridized carbons (Fsp3) is 0.826. The van der Waals surface area contributed by atoms with Gasteiger partial charge in [-0.3, -0.25) is 9.59 Å². The highest BCUT2D eigenvalue weighted by atomic mass is 16.6. The van der Waals surface area contributed by atoms with Gasteiger partial charge in [-0.2, -0.15) is 0 Å². The van der Waals surface area contributed by atoms with Crippen LogP contribution < -0.4 is 0 Å². The van der Waals surface area contributed by atoms with Gasteiger partial charge in [0.25, 0.3) is 0 Å². The van der Waals surface area contributed by atoms with Crippen LogP contribution in [0.3, 0.4) is 0 Å². The van der Waals surface area contributed by atoms with Crippen LogP contribution in [0.25, 0.3) is 0 Å². The Balaban J connectivity index is 4.72. The van der Waals surface area contributed by atoms with Crippen LogP contribution in [0.5, 0.6) is 0 Å². The predicted molar refractivity (Wildman–Crippen MR) is 224 cm³/mol. The highest BCUT2D eigenvalue weighted by Gasteiger charge is 2.34. The van der Waals surface area contributed by atoms with Crippen molar-refractivity contribution in [1.82, 2.24) is 0 Å². The van der Waals surface area contributed by atoms with Gasteiger partial charge in [0.05, 0.1) is 24.0 Å². The smallest absolute Gasteiger partial charge is 0.330 e. The Morgan fingerprint density at radius 1 is 0.411 bits per heavy atom. The molecule has 0 aliphatic heterocycles. The lowest BCUT2D eigenvalue weighted by molar-refractivity contribution is -0.158. The molecule has 0 aromatic heterocycles. The van der Waals surface area contributed by atoms with Crippen molar-refractivity contribution in [3.05, 3.63) is 25.3 Å². The summed E-state index contributed by atoms with van der Waals surface area (Å²) >= 11 is 0. The van der Waals surface area contributed by atoms with Gasteiger partial charge in [-0.05, 0) is 38.5 Å². The lowest BCUT2D eigenvalue weighted by Gasteiger charge is -2.31. The van der Waals surface area contributed by atoms with Crippen molar-refractivity contribution in [2.75, 3.05) is 52.9 Å². The highest BCUT2D eigenvalue weighted by molar-refractivity contribution is 5.81. The average molecular weight is 795 g/mol. The molecule has 0 aliphatic carbocycles. The number of esters is 4. The molecule has 0 fully saturated rings. The highest BCUT2D eigenvalue weighted by Crippen LogP contribution is 2.26. The molecule has 0 aromatic carbocycles. The van der Waals surface area contributed by atoms with Crippen molar-refractivity contribution >= 4 is 23.9 Å². The zero-order chi connectivity index (χ0) is 41.6. The van der Waals surface area contributed by atoms with Crippen LogP contribution >= 0.6 is 0 Å². The summed E-state index contributed by atoms with van der Waals surface area (Å²) in [6, 6.07) is 0. The number of rotatable bonds is 41. The molecule has 0 rings (SSSR count). The number of ether oxygens (including phenoxy) is 6. The van der Waals surface area contributed by atoms with E-state index in [4.69, 9.17) is 28.4 Å². The second-order valence-electron chi connectivity index (χ2n) is 15.6. The number of carbonyl (C=O) groups is 4. The number of hydrogen-bond acceptors (Lipinski definition) is 10. The molecule has 56 heavy (non-hydrogen) atoms. The Bertz CT molecular complexity index is 949. The van der Waals surface area contributed by atoms with Gasteiger partial charge >= 0.3 is 23.9 Å². The normalized spacial score (nSPS) is 13.3. The van der Waals surface area contributed by atoms with E-state index in [-0.39, 0.29) is 51.2 Å². The molecule has 0 heterocycles. The molecular formula is C46H82O10. The molecule has 0 spiro atoms. The van der Waals surface area contributed by atoms with Gasteiger partial charge in [0.2, 0.25) is 0 Å². The number of hydrogen-bond donors (Lipinski definition) is 0. The predicted octanol–water partition coefficient (Wildman–Crippen LogP) is 11.0. The molecular weight excluding hydrogens is 712 g/mol. The zero-order valence-electron chi connectivity index (χ0n) is 36.3. The number of carbonyl (C=O) groups excluding carboxylic acids is 4. The van der Waals surface area contributed by atoms with E-state index >= 15 is 0 Å². The first-order valence-corrected chi connectivity index (χ1v) is 22.2. The molecule has 0 aliphatic rings. The van der Waals surface area contributed by atoms with Crippen LogP contribution in [0.1, 0.15) is 182 Å². The molecule has 0 N–H and O–H groups in total. The van der Waals surface area contributed by atoms with Crippen LogP contribution in [0.2, 0.25) is 0 Å². The van der Waals surface area contributed by atoms with Gasteiger partial charge in [0, 0.05) is 38.2 Å². The third-order valence-corrected chi connectivity index (χ3v) is 10.6. The summed E-state index contributed by atoms with van der Waals surface area (Å²) in [6.45, 7) is 17.4. The van der Waals surface area contributed by atoms with Crippen molar-refractivity contribution in [2.24, 2.45) is 10.8 Å². The van der Waals surface area contributed by atoms with E-state index in [2.05, 4.69) is 27.0 Å². The first-order valence-electron chi connectivity index (χ1n) is 22.2. The fourth-order valence-electron chi connectivity index (χ4n) is 6.19. The lowest BCUT2D eigenvalue weighted by Crippen LogP contribution is -2.38. The Hall–Kier alpha value is -2.72. The summed E-state index contributed by atoms with van der Waals surface area (Å²) in [5.41, 5.74) is -1.33. The van der Waals surface area contributed by atoms with Gasteiger partial charge in [0.1, 0.15) is 26.4 Å². The van der Waals surface area contributed by atoms with Gasteiger partial charge < -0.3 is 28.4 Å². The largest absolute Gasteiger partial charge is 0.465 e. The van der Waals surface area contributed by atoms with Crippen molar-refractivity contribution in [3.8, 4) is 0 Å². The third-order valence-electron chi connectivity index (χ3n) is 10.6. The molecule has 0 saturated heterocycles. The summed E-state index contributed by atoms with van der Waals surface area (Å²) in [6.07, 6.45) is 26.6. The molecule has 0 amide bonds. The standard InChI is InChI=1S/C46H82O10/c1-7-13-15-17-19-21-23-25-29-33-51-35-45(11-5,37-53-41(47)9-3)39-55-43(49)31-27-28-32-44(50)56-40-46(12-6,38-54-42(48)10-4)36-52-34-30-26-24-22-20-18-16-14-8-2/h9-10H,3-4,7-8,11-40H2,1-2,5-6H3. The molecule has 10 heteroatoms. The van der Waals surface area contributed by atoms with Crippen molar-refractivity contribution in [1.29, 1.82) is 0 Å². The second kappa shape index (κ2) is 36.6. The maximum atomic E-state index is 12.7. The topological polar surface area (TPSA) is 124 Å². The van der Waals surface area contributed by atoms with Crippen molar-refractivity contribution in [2.45, 2.75) is 182 Å². The van der Waals surface area contributed by atoms with Crippen LogP contribution in [0.4, 0.5) is 0 Å². The summed E-state index contributed by atoms with van der Waals surface area (Å²) in [5.74, 6) is -1.84. The molecule has 326 valence electrons. The quantitative estimate of drug-likeness (QED) is 0.0256. The molecule has 2 unspecified atom stereocenters. The third kappa shape index (κ3) is 29.5. The van der Waals surface area contributed by atoms with Crippen LogP contribution in [-0.4, -0.2) is 76.7 Å². The van der Waals surface area contributed by atoms with E-state index in [1.165, 1.54) is 89.9 Å². The molecule has 0 saturated carbocycles. The first-order chi connectivity index (χ1) is 27.1. The van der Waals surface area contributed by atoms with E-state index in [0.29, 0.717) is 52.1 Å². The van der Waals surface area contributed by atoms with E-state index in [1.807, 2.05) is 13.8 Å². The number of unbranched alkanes of at least 4 members (excludes halogenated alkanes) is 17. The van der Waals surface area contributed by atoms with E-state index in [0.717, 1.165) is 37.8 Å². The van der Waals surface area contributed by atoms with Crippen LogP contribution in [-0.2, 0) is 47.6 Å². The SMILES string of the molecule is C=CC(=O)OCC(CC)(COCCCCCCCCCCC)COC(=O)CCCCC(=O)OCC(CC)(COCCCCCCCCCCC)COC(=O)C=C. The van der Waals surface area contributed by atoms with E-state index in [9.17, 15) is 19.2 Å². The second-order valence-corrected chi connectivity index (χ2v) is 15.6. The maximum absolute atomic E-state index is 12.7. The minimum Gasteiger partial charge on any atom is -0.465 e. The Labute approximate surface area is 341 Å². The Kier molecular flexibility index (Phi) is 34.8. The van der Waals surface area contributed by atoms with Gasteiger partial charge in [-0.15, -0.1) is 0 Å². The average Bonchev–Trinajstić information content (AvgIpc) is 3.21. The van der Waals surface area contributed by atoms with Gasteiger partial charge in [0.15, 0.2) is 0 Å². The molecule has 0 radical (unpaired) electrons. The van der Waals surface area contributed by atoms with Crippen molar-refractivity contribution < 1.29 is 47.6 Å². The fourth-order valence-corrected chi connectivity index (χ4v) is 6.19. The molecule has 0 bridgehead atoms. The van der Waals surface area contributed by atoms with Gasteiger partial charge in [-0.25, -0.2) is 9.59 Å². The summed E-state index contributed by atoms with van der Waals surface area (Å²) in [4.78, 5) is 49.2. The molecule has 10 nitrogen and oxygen atoms in total. The molecule has 0 aromatic rings. The summed E-state index contributed by atoms with van der Waals surface area (Å²) in [7, 11) is 0. The Morgan fingerprint density at radius 2 is 0.714 bits per heavy atom. The lowest BCUT2D eigenvalue weighted by atomic mass is 9.88. The maximum Gasteiger partial charge on any atom is 0.330 e. The minimum absolute atomic E-state index is 0.0571. The zero-order valence-corrected chi connectivity index (χ0v) is 36.3. The summed E-state index contributed by atoms with van der Waals surface area (Å²) in [5, 5.41) is 0. The van der Waals surface area contributed by atoms with Crippen molar-refractivity contribution in [3.63, 3.8) is 0 Å². The first kappa shape index (κ1) is 53.3. The monoisotopic (exact) mass is 795 g/mol. The molecule has 2 atom stereocenters. The van der Waals surface area contributed by atoms with E-state index < -0.39 is 22.8 Å². The van der Waals surface area contributed by atoms with Crippen LogP contribution in [0, 0.1) is 10.8 Å². The summed E-state index contributed by atoms with van der Waals surface area (Å²) < 4.78 is 34.1. The Morgan fingerprint density at radius 3 is 1.02 bits per heavy atom.